The highest BCUT2D eigenvalue weighted by Gasteiger charge is 2.28. The highest BCUT2D eigenvalue weighted by Crippen LogP contribution is 2.11. The lowest BCUT2D eigenvalue weighted by Crippen LogP contribution is -2.53. The van der Waals surface area contributed by atoms with E-state index in [0.717, 1.165) is 6.54 Å². The van der Waals surface area contributed by atoms with Crippen molar-refractivity contribution in [1.29, 1.82) is 0 Å². The Labute approximate surface area is 71.9 Å². The van der Waals surface area contributed by atoms with E-state index in [1.807, 2.05) is 7.05 Å². The number of aliphatic hydroxyl groups excluding tert-OH is 1. The Balaban J connectivity index is 2.57. The van der Waals surface area contributed by atoms with Crippen LogP contribution in [0.4, 0.5) is 0 Å². The molecule has 0 unspecified atom stereocenters. The van der Waals surface area contributed by atoms with Crippen LogP contribution in [0, 0.1) is 4.91 Å². The maximum absolute atomic E-state index is 10.3. The Morgan fingerprint density at radius 3 is 2.75 bits per heavy atom. The molecule has 0 aromatic heterocycles. The fraction of sp³-hybridized carbons (Fsp3) is 1.00. The van der Waals surface area contributed by atoms with E-state index in [1.165, 1.54) is 5.01 Å². The quantitative estimate of drug-likeness (QED) is 0.581. The van der Waals surface area contributed by atoms with E-state index in [0.29, 0.717) is 13.1 Å². The molecule has 0 amide bonds. The van der Waals surface area contributed by atoms with Crippen molar-refractivity contribution >= 4 is 0 Å². The average Bonchev–Trinajstić information content (AvgIpc) is 2.04. The SMILES string of the molecule is C[C@H](O)[C@@H]1CN(C)CCN1N=O. The molecule has 70 valence electrons. The predicted octanol–water partition coefficient (Wildman–Crippen LogP) is -0.335. The fourth-order valence-corrected chi connectivity index (χ4v) is 1.45. The number of hydrogen-bond acceptors (Lipinski definition) is 4. The average molecular weight is 173 g/mol. The second kappa shape index (κ2) is 3.82. The van der Waals surface area contributed by atoms with Crippen LogP contribution in [0.1, 0.15) is 6.92 Å². The molecular formula is C7H15N3O2. The number of nitrogens with zero attached hydrogens (tertiary/aromatic N) is 3. The van der Waals surface area contributed by atoms with E-state index in [9.17, 15) is 10.0 Å². The lowest BCUT2D eigenvalue weighted by atomic mass is 10.1. The lowest BCUT2D eigenvalue weighted by molar-refractivity contribution is 0.00956. The largest absolute Gasteiger partial charge is 0.391 e. The van der Waals surface area contributed by atoms with Crippen molar-refractivity contribution in [3.8, 4) is 0 Å². The van der Waals surface area contributed by atoms with Crippen molar-refractivity contribution in [2.24, 2.45) is 5.29 Å². The predicted molar refractivity (Wildman–Crippen MR) is 45.5 cm³/mol. The molecule has 1 fully saturated rings. The van der Waals surface area contributed by atoms with Gasteiger partial charge in [-0.05, 0) is 14.0 Å². The highest BCUT2D eigenvalue weighted by molar-refractivity contribution is 4.81. The molecule has 0 aliphatic carbocycles. The van der Waals surface area contributed by atoms with Crippen LogP contribution in [0.25, 0.3) is 0 Å². The molecule has 12 heavy (non-hydrogen) atoms. The van der Waals surface area contributed by atoms with Crippen molar-refractivity contribution in [3.63, 3.8) is 0 Å². The molecule has 2 atom stereocenters. The molecule has 1 N–H and O–H groups in total. The van der Waals surface area contributed by atoms with Gasteiger partial charge in [-0.2, -0.15) is 0 Å². The van der Waals surface area contributed by atoms with Gasteiger partial charge in [0.1, 0.15) is 0 Å². The van der Waals surface area contributed by atoms with Crippen molar-refractivity contribution in [1.82, 2.24) is 9.91 Å². The molecule has 1 heterocycles. The van der Waals surface area contributed by atoms with E-state index in [1.54, 1.807) is 6.92 Å². The first-order valence-corrected chi connectivity index (χ1v) is 4.11. The Morgan fingerprint density at radius 2 is 2.25 bits per heavy atom. The van der Waals surface area contributed by atoms with Crippen molar-refractivity contribution < 1.29 is 5.11 Å². The summed E-state index contributed by atoms with van der Waals surface area (Å²) in [5, 5.41) is 13.6. The topological polar surface area (TPSA) is 56.1 Å². The summed E-state index contributed by atoms with van der Waals surface area (Å²) in [6.07, 6.45) is -0.509. The van der Waals surface area contributed by atoms with Gasteiger partial charge in [0.25, 0.3) is 0 Å². The van der Waals surface area contributed by atoms with Crippen LogP contribution < -0.4 is 0 Å². The van der Waals surface area contributed by atoms with Crippen LogP contribution in [0.3, 0.4) is 0 Å². The smallest absolute Gasteiger partial charge is 0.0885 e. The van der Waals surface area contributed by atoms with Gasteiger partial charge in [0, 0.05) is 13.1 Å². The minimum Gasteiger partial charge on any atom is -0.391 e. The van der Waals surface area contributed by atoms with Gasteiger partial charge in [-0.1, -0.05) is 0 Å². The van der Waals surface area contributed by atoms with Gasteiger partial charge in [0.2, 0.25) is 0 Å². The van der Waals surface area contributed by atoms with Gasteiger partial charge in [0.15, 0.2) is 0 Å². The summed E-state index contributed by atoms with van der Waals surface area (Å²) in [5.41, 5.74) is 0. The Morgan fingerprint density at radius 1 is 1.58 bits per heavy atom. The third-order valence-electron chi connectivity index (χ3n) is 2.25. The zero-order chi connectivity index (χ0) is 9.14. The molecule has 1 saturated heterocycles. The summed E-state index contributed by atoms with van der Waals surface area (Å²) in [4.78, 5) is 12.4. The Hall–Kier alpha value is -0.680. The first-order valence-electron chi connectivity index (χ1n) is 4.11. The van der Waals surface area contributed by atoms with Gasteiger partial charge < -0.3 is 10.0 Å². The molecule has 1 aliphatic rings. The summed E-state index contributed by atoms with van der Waals surface area (Å²) in [5.74, 6) is 0. The van der Waals surface area contributed by atoms with Crippen LogP contribution in [-0.4, -0.2) is 53.8 Å². The highest BCUT2D eigenvalue weighted by atomic mass is 16.3. The van der Waals surface area contributed by atoms with Crippen LogP contribution in [0.15, 0.2) is 5.29 Å². The zero-order valence-electron chi connectivity index (χ0n) is 7.47. The molecule has 0 aromatic carbocycles. The van der Waals surface area contributed by atoms with E-state index in [-0.39, 0.29) is 6.04 Å². The van der Waals surface area contributed by atoms with Gasteiger partial charge in [-0.3, -0.25) is 5.01 Å². The second-order valence-corrected chi connectivity index (χ2v) is 3.31. The summed E-state index contributed by atoms with van der Waals surface area (Å²) < 4.78 is 0. The normalized spacial score (nSPS) is 28.6. The molecule has 0 spiro atoms. The lowest BCUT2D eigenvalue weighted by Gasteiger charge is -2.37. The molecule has 5 nitrogen and oxygen atoms in total. The third kappa shape index (κ3) is 1.92. The third-order valence-corrected chi connectivity index (χ3v) is 2.25. The molecular weight excluding hydrogens is 158 g/mol. The summed E-state index contributed by atoms with van der Waals surface area (Å²) in [6.45, 7) is 3.82. The van der Waals surface area contributed by atoms with Gasteiger partial charge in [0.05, 0.1) is 24.0 Å². The maximum Gasteiger partial charge on any atom is 0.0885 e. The monoisotopic (exact) mass is 173 g/mol. The molecule has 5 heteroatoms. The first-order chi connectivity index (χ1) is 5.65. The van der Waals surface area contributed by atoms with Crippen LogP contribution in [0.5, 0.6) is 0 Å². The molecule has 0 saturated carbocycles. The van der Waals surface area contributed by atoms with Crippen molar-refractivity contribution in [2.75, 3.05) is 26.7 Å². The summed E-state index contributed by atoms with van der Waals surface area (Å²) in [7, 11) is 1.97. The zero-order valence-corrected chi connectivity index (χ0v) is 7.47. The first kappa shape index (κ1) is 9.41. The van der Waals surface area contributed by atoms with Crippen LogP contribution in [-0.2, 0) is 0 Å². The number of rotatable bonds is 2. The van der Waals surface area contributed by atoms with E-state index in [4.69, 9.17) is 0 Å². The van der Waals surface area contributed by atoms with Gasteiger partial charge in [-0.15, -0.1) is 4.91 Å². The number of likely N-dealkylation sites (N-methyl/N-ethyl adjacent to an activating group) is 1. The summed E-state index contributed by atoms with van der Waals surface area (Å²) in [6, 6.07) is -0.152. The number of hydrogen-bond donors (Lipinski definition) is 1. The molecule has 0 bridgehead atoms. The summed E-state index contributed by atoms with van der Waals surface area (Å²) >= 11 is 0. The van der Waals surface area contributed by atoms with E-state index in [2.05, 4.69) is 10.2 Å². The van der Waals surface area contributed by atoms with E-state index < -0.39 is 6.10 Å². The maximum atomic E-state index is 10.3. The standard InChI is InChI=1S/C7H15N3O2/c1-6(11)7-5-9(2)3-4-10(7)8-12/h6-7,11H,3-5H2,1-2H3/t6-,7-/m0/s1. The molecule has 0 radical (unpaired) electrons. The van der Waals surface area contributed by atoms with Crippen molar-refractivity contribution in [3.05, 3.63) is 4.91 Å². The van der Waals surface area contributed by atoms with E-state index >= 15 is 0 Å². The number of nitroso groups, excluding NO2 is 1. The minimum atomic E-state index is -0.509. The van der Waals surface area contributed by atoms with Crippen LogP contribution in [0.2, 0.25) is 0 Å². The van der Waals surface area contributed by atoms with Crippen LogP contribution >= 0.6 is 0 Å². The Kier molecular flexibility index (Phi) is 2.99. The number of piperazine rings is 1. The fourth-order valence-electron chi connectivity index (χ4n) is 1.45. The minimum absolute atomic E-state index is 0.152. The molecule has 1 rings (SSSR count). The molecule has 0 aromatic rings. The van der Waals surface area contributed by atoms with Gasteiger partial charge >= 0.3 is 0 Å². The van der Waals surface area contributed by atoms with Crippen molar-refractivity contribution in [2.45, 2.75) is 19.1 Å². The van der Waals surface area contributed by atoms with Gasteiger partial charge in [-0.25, -0.2) is 0 Å². The Bertz CT molecular complexity index is 163. The molecule has 1 aliphatic heterocycles. The second-order valence-electron chi connectivity index (χ2n) is 3.31. The number of aliphatic hydroxyl groups is 1.